The van der Waals surface area contributed by atoms with E-state index in [4.69, 9.17) is 11.6 Å². The molecule has 2 heterocycles. The van der Waals surface area contributed by atoms with Gasteiger partial charge in [0.2, 0.25) is 0 Å². The molecule has 2 aromatic rings. The summed E-state index contributed by atoms with van der Waals surface area (Å²) in [4.78, 5) is 4.37. The highest BCUT2D eigenvalue weighted by Crippen LogP contribution is 2.18. The van der Waals surface area contributed by atoms with Gasteiger partial charge < -0.3 is 5.32 Å². The van der Waals surface area contributed by atoms with Crippen LogP contribution in [0.1, 0.15) is 25.1 Å². The summed E-state index contributed by atoms with van der Waals surface area (Å²) in [6.07, 6.45) is 3.68. The van der Waals surface area contributed by atoms with Crippen molar-refractivity contribution in [2.75, 3.05) is 0 Å². The van der Waals surface area contributed by atoms with E-state index < -0.39 is 0 Å². The van der Waals surface area contributed by atoms with Crippen LogP contribution < -0.4 is 5.32 Å². The van der Waals surface area contributed by atoms with Gasteiger partial charge in [0, 0.05) is 25.0 Å². The van der Waals surface area contributed by atoms with Gasteiger partial charge >= 0.3 is 0 Å². The molecule has 4 nitrogen and oxygen atoms in total. The summed E-state index contributed by atoms with van der Waals surface area (Å²) in [5.74, 6) is 0.665. The van der Waals surface area contributed by atoms with Crippen molar-refractivity contribution in [2.45, 2.75) is 33.4 Å². The highest BCUT2D eigenvalue weighted by Gasteiger charge is 2.07. The lowest BCUT2D eigenvalue weighted by molar-refractivity contribution is 0.587. The van der Waals surface area contributed by atoms with Crippen LogP contribution in [0.2, 0.25) is 5.02 Å². The maximum absolute atomic E-state index is 6.24. The van der Waals surface area contributed by atoms with Crippen molar-refractivity contribution in [3.8, 4) is 5.82 Å². The lowest BCUT2D eigenvalue weighted by Gasteiger charge is -2.09. The Balaban J connectivity index is 2.20. The van der Waals surface area contributed by atoms with E-state index in [1.165, 1.54) is 0 Å². The molecule has 0 aliphatic carbocycles. The molecule has 0 amide bonds. The van der Waals surface area contributed by atoms with E-state index in [0.29, 0.717) is 16.9 Å². The smallest absolute Gasteiger partial charge is 0.172 e. The van der Waals surface area contributed by atoms with E-state index in [2.05, 4.69) is 29.2 Å². The zero-order valence-corrected chi connectivity index (χ0v) is 11.6. The molecule has 2 rings (SSSR count). The molecule has 0 fully saturated rings. The third kappa shape index (κ3) is 3.09. The maximum atomic E-state index is 6.24. The topological polar surface area (TPSA) is 42.7 Å². The van der Waals surface area contributed by atoms with Crippen LogP contribution in [0.3, 0.4) is 0 Å². The number of aromatic nitrogens is 3. The molecule has 0 saturated carbocycles. The Hall–Kier alpha value is -1.39. The van der Waals surface area contributed by atoms with Crippen molar-refractivity contribution in [3.63, 3.8) is 0 Å². The van der Waals surface area contributed by atoms with Gasteiger partial charge in [0.15, 0.2) is 5.82 Å². The van der Waals surface area contributed by atoms with Gasteiger partial charge in [-0.2, -0.15) is 5.10 Å². The molecule has 0 aliphatic rings. The van der Waals surface area contributed by atoms with Gasteiger partial charge in [0.05, 0.1) is 10.7 Å². The molecule has 0 bridgehead atoms. The molecule has 0 saturated heterocycles. The van der Waals surface area contributed by atoms with Crippen LogP contribution in [0.15, 0.2) is 24.5 Å². The first-order chi connectivity index (χ1) is 8.56. The molecular weight excluding hydrogens is 248 g/mol. The standard InChI is InChI=1S/C13H17ClN4/c1-9(2)15-7-11-6-12(14)13(16-8-11)18-5-4-10(3)17-18/h4-6,8-9,15H,7H2,1-3H3. The van der Waals surface area contributed by atoms with E-state index >= 15 is 0 Å². The zero-order chi connectivity index (χ0) is 13.1. The molecule has 0 aliphatic heterocycles. The first-order valence-electron chi connectivity index (χ1n) is 5.96. The van der Waals surface area contributed by atoms with Gasteiger partial charge in [0.25, 0.3) is 0 Å². The summed E-state index contributed by atoms with van der Waals surface area (Å²) in [5.41, 5.74) is 2.01. The molecule has 18 heavy (non-hydrogen) atoms. The first-order valence-corrected chi connectivity index (χ1v) is 6.34. The predicted molar refractivity (Wildman–Crippen MR) is 73.1 cm³/mol. The number of nitrogens with one attached hydrogen (secondary N) is 1. The molecule has 0 radical (unpaired) electrons. The van der Waals surface area contributed by atoms with E-state index in [0.717, 1.165) is 17.8 Å². The Kier molecular flexibility index (Phi) is 3.99. The third-order valence-corrected chi connectivity index (χ3v) is 2.81. The fourth-order valence-corrected chi connectivity index (χ4v) is 1.87. The number of halogens is 1. The number of hydrogen-bond donors (Lipinski definition) is 1. The molecule has 1 N–H and O–H groups in total. The van der Waals surface area contributed by atoms with Crippen molar-refractivity contribution < 1.29 is 0 Å². The van der Waals surface area contributed by atoms with Crippen LogP contribution in [0.25, 0.3) is 5.82 Å². The Morgan fingerprint density at radius 2 is 2.22 bits per heavy atom. The second-order valence-corrected chi connectivity index (χ2v) is 4.99. The monoisotopic (exact) mass is 264 g/mol. The largest absolute Gasteiger partial charge is 0.310 e. The number of nitrogens with zero attached hydrogens (tertiary/aromatic N) is 3. The first kappa shape index (κ1) is 13.1. The average Bonchev–Trinajstić information content (AvgIpc) is 2.73. The summed E-state index contributed by atoms with van der Waals surface area (Å²) in [5, 5.41) is 8.24. The summed E-state index contributed by atoms with van der Waals surface area (Å²) in [6, 6.07) is 4.29. The van der Waals surface area contributed by atoms with E-state index in [1.807, 2.05) is 31.5 Å². The highest BCUT2D eigenvalue weighted by molar-refractivity contribution is 6.32. The van der Waals surface area contributed by atoms with E-state index in [9.17, 15) is 0 Å². The molecule has 96 valence electrons. The molecule has 0 atom stereocenters. The minimum Gasteiger partial charge on any atom is -0.310 e. The summed E-state index contributed by atoms with van der Waals surface area (Å²) >= 11 is 6.24. The highest BCUT2D eigenvalue weighted by atomic mass is 35.5. The number of rotatable bonds is 4. The second-order valence-electron chi connectivity index (χ2n) is 4.59. The molecule has 5 heteroatoms. The molecule has 0 spiro atoms. The molecule has 2 aromatic heterocycles. The van der Waals surface area contributed by atoms with Gasteiger partial charge in [-0.3, -0.25) is 0 Å². The maximum Gasteiger partial charge on any atom is 0.172 e. The normalized spacial score (nSPS) is 11.2. The van der Waals surface area contributed by atoms with Crippen LogP contribution in [-0.2, 0) is 6.54 Å². The SMILES string of the molecule is Cc1ccn(-c2ncc(CNC(C)C)cc2Cl)n1. The Morgan fingerprint density at radius 1 is 1.44 bits per heavy atom. The molecule has 0 unspecified atom stereocenters. The second kappa shape index (κ2) is 5.50. The van der Waals surface area contributed by atoms with Gasteiger partial charge in [-0.25, -0.2) is 9.67 Å². The Labute approximate surface area is 112 Å². The van der Waals surface area contributed by atoms with Crippen LogP contribution in [0, 0.1) is 6.92 Å². The molecular formula is C13H17ClN4. The Bertz CT molecular complexity index is 534. The van der Waals surface area contributed by atoms with Crippen molar-refractivity contribution in [1.29, 1.82) is 0 Å². The Morgan fingerprint density at radius 3 is 2.78 bits per heavy atom. The van der Waals surface area contributed by atoms with Crippen LogP contribution in [-0.4, -0.2) is 20.8 Å². The fraction of sp³-hybridized carbons (Fsp3) is 0.385. The van der Waals surface area contributed by atoms with Gasteiger partial charge in [0.1, 0.15) is 0 Å². The van der Waals surface area contributed by atoms with Crippen LogP contribution in [0.4, 0.5) is 0 Å². The average molecular weight is 265 g/mol. The van der Waals surface area contributed by atoms with Crippen LogP contribution >= 0.6 is 11.6 Å². The van der Waals surface area contributed by atoms with Crippen molar-refractivity contribution in [2.24, 2.45) is 0 Å². The lowest BCUT2D eigenvalue weighted by Crippen LogP contribution is -2.22. The van der Waals surface area contributed by atoms with Crippen molar-refractivity contribution >= 4 is 11.6 Å². The van der Waals surface area contributed by atoms with Crippen LogP contribution in [0.5, 0.6) is 0 Å². The van der Waals surface area contributed by atoms with Gasteiger partial charge in [-0.15, -0.1) is 0 Å². The third-order valence-electron chi connectivity index (χ3n) is 2.53. The quantitative estimate of drug-likeness (QED) is 0.923. The number of aryl methyl sites for hydroxylation is 1. The molecule has 0 aromatic carbocycles. The number of hydrogen-bond acceptors (Lipinski definition) is 3. The zero-order valence-electron chi connectivity index (χ0n) is 10.8. The van der Waals surface area contributed by atoms with Gasteiger partial charge in [-0.1, -0.05) is 25.4 Å². The van der Waals surface area contributed by atoms with Crippen molar-refractivity contribution in [3.05, 3.63) is 40.8 Å². The van der Waals surface area contributed by atoms with E-state index in [-0.39, 0.29) is 0 Å². The van der Waals surface area contributed by atoms with Gasteiger partial charge in [-0.05, 0) is 24.6 Å². The minimum absolute atomic E-state index is 0.442. The summed E-state index contributed by atoms with van der Waals surface area (Å²) in [6.45, 7) is 6.92. The summed E-state index contributed by atoms with van der Waals surface area (Å²) < 4.78 is 1.69. The summed E-state index contributed by atoms with van der Waals surface area (Å²) in [7, 11) is 0. The lowest BCUT2D eigenvalue weighted by atomic mass is 10.2. The minimum atomic E-state index is 0.442. The predicted octanol–water partition coefficient (Wildman–Crippen LogP) is 2.73. The van der Waals surface area contributed by atoms with Crippen molar-refractivity contribution in [1.82, 2.24) is 20.1 Å². The fourth-order valence-electron chi connectivity index (χ4n) is 1.59. The van der Waals surface area contributed by atoms with E-state index in [1.54, 1.807) is 4.68 Å². The number of pyridine rings is 1.